The second-order valence-corrected chi connectivity index (χ2v) is 3.93. The van der Waals surface area contributed by atoms with Crippen molar-refractivity contribution in [2.24, 2.45) is 0 Å². The van der Waals surface area contributed by atoms with Gasteiger partial charge < -0.3 is 20.9 Å². The molecule has 0 aliphatic rings. The smallest absolute Gasteiger partial charge is 0.223 e. The van der Waals surface area contributed by atoms with Gasteiger partial charge in [0.15, 0.2) is 5.82 Å². The molecule has 0 bridgehead atoms. The Morgan fingerprint density at radius 1 is 1.21 bits per heavy atom. The number of nitrogens with one attached hydrogen (secondary N) is 2. The van der Waals surface area contributed by atoms with Gasteiger partial charge in [0.2, 0.25) is 11.8 Å². The maximum atomic E-state index is 5.63. The van der Waals surface area contributed by atoms with Crippen molar-refractivity contribution < 1.29 is 4.52 Å². The van der Waals surface area contributed by atoms with Crippen molar-refractivity contribution >= 4 is 17.6 Å². The molecular weight excluding hydrogens is 246 g/mol. The normalized spacial score (nSPS) is 10.4. The first-order valence-electron chi connectivity index (χ1n) is 6.09. The molecular formula is C11H17N7O. The molecule has 4 N–H and O–H groups in total. The molecule has 102 valence electrons. The molecule has 2 aromatic heterocycles. The van der Waals surface area contributed by atoms with Crippen LogP contribution < -0.4 is 16.4 Å². The largest absolute Gasteiger partial charge is 0.370 e. The lowest BCUT2D eigenvalue weighted by Crippen LogP contribution is -2.10. The average Bonchev–Trinajstić information content (AvgIpc) is 2.75. The molecule has 0 aliphatic carbocycles. The van der Waals surface area contributed by atoms with Crippen LogP contribution in [0.5, 0.6) is 0 Å². The molecule has 0 spiro atoms. The number of nitrogens with zero attached hydrogens (tertiary/aromatic N) is 4. The molecule has 0 atom stereocenters. The minimum Gasteiger partial charge on any atom is -0.370 e. The summed E-state index contributed by atoms with van der Waals surface area (Å²) in [5, 5.41) is 10.1. The lowest BCUT2D eigenvalue weighted by molar-refractivity contribution is 0.387. The molecule has 0 unspecified atom stereocenters. The zero-order chi connectivity index (χ0) is 13.7. The second kappa shape index (κ2) is 5.98. The first-order valence-corrected chi connectivity index (χ1v) is 6.09. The van der Waals surface area contributed by atoms with Gasteiger partial charge in [-0.25, -0.2) is 0 Å². The summed E-state index contributed by atoms with van der Waals surface area (Å²) >= 11 is 0. The van der Waals surface area contributed by atoms with E-state index in [1.54, 1.807) is 13.0 Å². The standard InChI is InChI=1S/C11H17N7O/c1-3-13-9-6-10(17-11(12)16-9)14-5-4-8-15-7(2)19-18-8/h6H,3-5H2,1-2H3,(H4,12,13,14,16,17). The van der Waals surface area contributed by atoms with Crippen molar-refractivity contribution in [1.29, 1.82) is 0 Å². The Labute approximate surface area is 110 Å². The van der Waals surface area contributed by atoms with E-state index in [2.05, 4.69) is 30.7 Å². The van der Waals surface area contributed by atoms with E-state index in [0.717, 1.165) is 6.54 Å². The van der Waals surface area contributed by atoms with Gasteiger partial charge in [-0.2, -0.15) is 15.0 Å². The van der Waals surface area contributed by atoms with E-state index in [-0.39, 0.29) is 5.95 Å². The zero-order valence-electron chi connectivity index (χ0n) is 11.0. The van der Waals surface area contributed by atoms with E-state index in [1.807, 2.05) is 6.92 Å². The molecule has 2 rings (SSSR count). The zero-order valence-corrected chi connectivity index (χ0v) is 11.0. The van der Waals surface area contributed by atoms with Crippen LogP contribution in [-0.4, -0.2) is 33.2 Å². The Bertz CT molecular complexity index is 540. The Morgan fingerprint density at radius 2 is 1.95 bits per heavy atom. The number of anilines is 3. The fourth-order valence-corrected chi connectivity index (χ4v) is 1.57. The van der Waals surface area contributed by atoms with Gasteiger partial charge in [-0.3, -0.25) is 0 Å². The van der Waals surface area contributed by atoms with Crippen molar-refractivity contribution in [2.45, 2.75) is 20.3 Å². The van der Waals surface area contributed by atoms with Gasteiger partial charge in [0.25, 0.3) is 0 Å². The Morgan fingerprint density at radius 3 is 2.58 bits per heavy atom. The molecule has 0 amide bonds. The molecule has 2 heterocycles. The van der Waals surface area contributed by atoms with Gasteiger partial charge in [-0.15, -0.1) is 0 Å². The third-order valence-electron chi connectivity index (χ3n) is 2.33. The number of hydrogen-bond donors (Lipinski definition) is 3. The van der Waals surface area contributed by atoms with E-state index < -0.39 is 0 Å². The minimum absolute atomic E-state index is 0.233. The molecule has 0 aliphatic heterocycles. The highest BCUT2D eigenvalue weighted by atomic mass is 16.5. The average molecular weight is 263 g/mol. The summed E-state index contributed by atoms with van der Waals surface area (Å²) in [5.74, 6) is 2.84. The summed E-state index contributed by atoms with van der Waals surface area (Å²) < 4.78 is 4.89. The molecule has 8 nitrogen and oxygen atoms in total. The van der Waals surface area contributed by atoms with Crippen LogP contribution >= 0.6 is 0 Å². The lowest BCUT2D eigenvalue weighted by Gasteiger charge is -2.07. The van der Waals surface area contributed by atoms with E-state index in [0.29, 0.717) is 36.3 Å². The highest BCUT2D eigenvalue weighted by molar-refractivity contribution is 5.50. The number of aromatic nitrogens is 4. The summed E-state index contributed by atoms with van der Waals surface area (Å²) in [6.45, 7) is 5.17. The van der Waals surface area contributed by atoms with Crippen LogP contribution in [0.25, 0.3) is 0 Å². The first-order chi connectivity index (χ1) is 9.17. The van der Waals surface area contributed by atoms with E-state index in [4.69, 9.17) is 10.3 Å². The van der Waals surface area contributed by atoms with Gasteiger partial charge in [-0.1, -0.05) is 5.16 Å². The van der Waals surface area contributed by atoms with Crippen LogP contribution in [0.1, 0.15) is 18.6 Å². The number of nitrogen functional groups attached to an aromatic ring is 1. The van der Waals surface area contributed by atoms with Gasteiger partial charge in [0, 0.05) is 32.5 Å². The molecule has 0 saturated heterocycles. The Hall–Kier alpha value is -2.38. The minimum atomic E-state index is 0.233. The summed E-state index contributed by atoms with van der Waals surface area (Å²) in [7, 11) is 0. The number of nitrogens with two attached hydrogens (primary N) is 1. The Balaban J connectivity index is 1.91. The SMILES string of the molecule is CCNc1cc(NCCc2noc(C)n2)nc(N)n1. The van der Waals surface area contributed by atoms with Gasteiger partial charge in [0.1, 0.15) is 11.6 Å². The van der Waals surface area contributed by atoms with Crippen LogP contribution in [0.4, 0.5) is 17.6 Å². The van der Waals surface area contributed by atoms with Crippen molar-refractivity contribution in [3.05, 3.63) is 17.8 Å². The number of rotatable bonds is 6. The fourth-order valence-electron chi connectivity index (χ4n) is 1.57. The van der Waals surface area contributed by atoms with E-state index >= 15 is 0 Å². The molecule has 0 radical (unpaired) electrons. The van der Waals surface area contributed by atoms with Crippen LogP contribution in [0.15, 0.2) is 10.6 Å². The lowest BCUT2D eigenvalue weighted by atomic mass is 10.4. The highest BCUT2D eigenvalue weighted by Crippen LogP contribution is 2.12. The van der Waals surface area contributed by atoms with Crippen molar-refractivity contribution in [3.8, 4) is 0 Å². The van der Waals surface area contributed by atoms with Crippen LogP contribution in [0, 0.1) is 6.92 Å². The highest BCUT2D eigenvalue weighted by Gasteiger charge is 2.04. The van der Waals surface area contributed by atoms with Gasteiger partial charge in [0.05, 0.1) is 0 Å². The second-order valence-electron chi connectivity index (χ2n) is 3.93. The summed E-state index contributed by atoms with van der Waals surface area (Å²) in [6, 6.07) is 1.81. The third kappa shape index (κ3) is 3.80. The number of hydrogen-bond acceptors (Lipinski definition) is 8. The molecule has 0 saturated carbocycles. The van der Waals surface area contributed by atoms with E-state index in [1.165, 1.54) is 0 Å². The topological polar surface area (TPSA) is 115 Å². The van der Waals surface area contributed by atoms with Crippen LogP contribution in [0.3, 0.4) is 0 Å². The van der Waals surface area contributed by atoms with Crippen LogP contribution in [0.2, 0.25) is 0 Å². The molecule has 0 aromatic carbocycles. The third-order valence-corrected chi connectivity index (χ3v) is 2.33. The van der Waals surface area contributed by atoms with Crippen molar-refractivity contribution in [2.75, 3.05) is 29.5 Å². The predicted octanol–water partition coefficient (Wildman–Crippen LogP) is 0.837. The van der Waals surface area contributed by atoms with Crippen LogP contribution in [-0.2, 0) is 6.42 Å². The molecule has 2 aromatic rings. The monoisotopic (exact) mass is 263 g/mol. The van der Waals surface area contributed by atoms with Crippen molar-refractivity contribution in [3.63, 3.8) is 0 Å². The van der Waals surface area contributed by atoms with Gasteiger partial charge >= 0.3 is 0 Å². The maximum Gasteiger partial charge on any atom is 0.223 e. The maximum absolute atomic E-state index is 5.63. The summed E-state index contributed by atoms with van der Waals surface area (Å²) in [4.78, 5) is 12.3. The molecule has 19 heavy (non-hydrogen) atoms. The predicted molar refractivity (Wildman–Crippen MR) is 71.8 cm³/mol. The van der Waals surface area contributed by atoms with Crippen molar-refractivity contribution in [1.82, 2.24) is 20.1 Å². The first kappa shape index (κ1) is 13.1. The molecule has 8 heteroatoms. The summed E-state index contributed by atoms with van der Waals surface area (Å²) in [6.07, 6.45) is 0.651. The van der Waals surface area contributed by atoms with E-state index in [9.17, 15) is 0 Å². The Kier molecular flexibility index (Phi) is 4.11. The molecule has 0 fully saturated rings. The summed E-state index contributed by atoms with van der Waals surface area (Å²) in [5.41, 5.74) is 5.63. The quantitative estimate of drug-likeness (QED) is 0.702. The fraction of sp³-hybridized carbons (Fsp3) is 0.455. The van der Waals surface area contributed by atoms with Gasteiger partial charge in [-0.05, 0) is 6.92 Å². The number of aryl methyl sites for hydroxylation is 1.